The maximum absolute atomic E-state index is 5.85. The highest BCUT2D eigenvalue weighted by Gasteiger charge is 2.38. The number of anilines is 1. The summed E-state index contributed by atoms with van der Waals surface area (Å²) in [5.41, 5.74) is 7.74. The van der Waals surface area contributed by atoms with Gasteiger partial charge in [-0.15, -0.1) is 0 Å². The number of aryl methyl sites for hydroxylation is 1. The van der Waals surface area contributed by atoms with Gasteiger partial charge in [0.05, 0.1) is 21.3 Å². The van der Waals surface area contributed by atoms with Gasteiger partial charge in [0.25, 0.3) is 0 Å². The number of methoxy groups -OCH3 is 3. The monoisotopic (exact) mass is 573 g/mol. The van der Waals surface area contributed by atoms with Crippen LogP contribution in [0.4, 0.5) is 5.69 Å². The molecule has 43 heavy (non-hydrogen) atoms. The van der Waals surface area contributed by atoms with E-state index in [0.717, 1.165) is 28.4 Å². The molecule has 0 aromatic heterocycles. The molecule has 1 unspecified atom stereocenters. The summed E-state index contributed by atoms with van der Waals surface area (Å²) >= 11 is 0. The lowest BCUT2D eigenvalue weighted by Gasteiger charge is -2.35. The minimum absolute atomic E-state index is 0.170. The molecule has 0 spiro atoms. The van der Waals surface area contributed by atoms with Crippen LogP contribution in [0.5, 0.6) is 17.2 Å². The SMILES string of the molecule is C=C(/C=C/C=C1/N(C)c2ccc(OC)cc2C1(C)C)C(C)(Cc1ccc(OC)cc1OC)c1c(C)ccc2ccccc12. The summed E-state index contributed by atoms with van der Waals surface area (Å²) in [7, 11) is 7.24. The van der Waals surface area contributed by atoms with Crippen LogP contribution in [-0.4, -0.2) is 28.4 Å². The summed E-state index contributed by atoms with van der Waals surface area (Å²) in [6.07, 6.45) is 7.27. The Kier molecular flexibility index (Phi) is 8.16. The minimum Gasteiger partial charge on any atom is -0.497 e. The lowest BCUT2D eigenvalue weighted by molar-refractivity contribution is 0.388. The van der Waals surface area contributed by atoms with E-state index in [-0.39, 0.29) is 5.41 Å². The van der Waals surface area contributed by atoms with Crippen molar-refractivity contribution >= 4 is 16.5 Å². The van der Waals surface area contributed by atoms with Gasteiger partial charge in [0.1, 0.15) is 17.2 Å². The van der Waals surface area contributed by atoms with Crippen LogP contribution in [0.25, 0.3) is 10.8 Å². The average molecular weight is 574 g/mol. The van der Waals surface area contributed by atoms with E-state index in [1.54, 1.807) is 21.3 Å². The highest BCUT2D eigenvalue weighted by Crippen LogP contribution is 2.48. The highest BCUT2D eigenvalue weighted by molar-refractivity contribution is 5.88. The zero-order valence-electron chi connectivity index (χ0n) is 26.7. The van der Waals surface area contributed by atoms with E-state index in [0.29, 0.717) is 6.42 Å². The zero-order valence-corrected chi connectivity index (χ0v) is 26.7. The van der Waals surface area contributed by atoms with Crippen LogP contribution in [-0.2, 0) is 17.3 Å². The molecule has 4 nitrogen and oxygen atoms in total. The molecule has 1 aliphatic rings. The van der Waals surface area contributed by atoms with Crippen molar-refractivity contribution in [1.29, 1.82) is 0 Å². The molecule has 4 heteroatoms. The van der Waals surface area contributed by atoms with Gasteiger partial charge in [0.2, 0.25) is 0 Å². The summed E-state index contributed by atoms with van der Waals surface area (Å²) < 4.78 is 16.9. The summed E-state index contributed by atoms with van der Waals surface area (Å²) in [5, 5.41) is 2.46. The van der Waals surface area contributed by atoms with Crippen molar-refractivity contribution in [3.05, 3.63) is 131 Å². The summed E-state index contributed by atoms with van der Waals surface area (Å²) in [4.78, 5) is 2.28. The average Bonchev–Trinajstić information content (AvgIpc) is 3.20. The Morgan fingerprint density at radius 1 is 0.907 bits per heavy atom. The number of hydrogen-bond donors (Lipinski definition) is 0. The predicted molar refractivity (Wildman–Crippen MR) is 180 cm³/mol. The van der Waals surface area contributed by atoms with Crippen molar-refractivity contribution in [1.82, 2.24) is 0 Å². The number of nitrogens with zero attached hydrogens (tertiary/aromatic N) is 1. The molecule has 0 aliphatic carbocycles. The van der Waals surface area contributed by atoms with Gasteiger partial charge < -0.3 is 19.1 Å². The molecule has 5 rings (SSSR count). The van der Waals surface area contributed by atoms with Crippen LogP contribution in [0.15, 0.2) is 109 Å². The largest absolute Gasteiger partial charge is 0.497 e. The van der Waals surface area contributed by atoms with E-state index in [4.69, 9.17) is 20.8 Å². The molecule has 0 fully saturated rings. The topological polar surface area (TPSA) is 30.9 Å². The molecule has 1 atom stereocenters. The number of benzene rings is 4. The molecule has 0 bridgehead atoms. The van der Waals surface area contributed by atoms with Crippen LogP contribution < -0.4 is 19.1 Å². The molecule has 0 amide bonds. The van der Waals surface area contributed by atoms with E-state index in [9.17, 15) is 0 Å². The van der Waals surface area contributed by atoms with E-state index >= 15 is 0 Å². The van der Waals surface area contributed by atoms with Crippen molar-refractivity contribution in [2.24, 2.45) is 0 Å². The molecule has 222 valence electrons. The maximum atomic E-state index is 5.85. The summed E-state index contributed by atoms with van der Waals surface area (Å²) in [6.45, 7) is 13.7. The Bertz CT molecular complexity index is 1750. The van der Waals surface area contributed by atoms with Gasteiger partial charge in [0, 0.05) is 35.3 Å². The molecule has 0 saturated carbocycles. The first-order valence-electron chi connectivity index (χ1n) is 14.8. The first-order valence-corrected chi connectivity index (χ1v) is 14.8. The molecular formula is C39H43NO3. The van der Waals surface area contributed by atoms with Crippen molar-refractivity contribution in [3.8, 4) is 17.2 Å². The molecule has 0 N–H and O–H groups in total. The molecule has 1 aliphatic heterocycles. The Labute approximate surface area is 256 Å². The minimum atomic E-state index is -0.421. The van der Waals surface area contributed by atoms with Gasteiger partial charge in [-0.2, -0.15) is 0 Å². The van der Waals surface area contributed by atoms with E-state index in [1.165, 1.54) is 38.8 Å². The van der Waals surface area contributed by atoms with Crippen LogP contribution in [0, 0.1) is 6.92 Å². The van der Waals surface area contributed by atoms with Gasteiger partial charge in [-0.25, -0.2) is 0 Å². The number of ether oxygens (including phenoxy) is 3. The van der Waals surface area contributed by atoms with Gasteiger partial charge in [-0.3, -0.25) is 0 Å². The first kappa shape index (κ1) is 30.0. The molecule has 0 saturated heterocycles. The van der Waals surface area contributed by atoms with Crippen molar-refractivity contribution < 1.29 is 14.2 Å². The fraction of sp³-hybridized carbons (Fsp3) is 0.282. The first-order chi connectivity index (χ1) is 20.5. The fourth-order valence-electron chi connectivity index (χ4n) is 6.74. The molecule has 1 heterocycles. The third-order valence-electron chi connectivity index (χ3n) is 9.23. The summed E-state index contributed by atoms with van der Waals surface area (Å²) in [5.74, 6) is 2.46. The Morgan fingerprint density at radius 3 is 2.33 bits per heavy atom. The highest BCUT2D eigenvalue weighted by atomic mass is 16.5. The zero-order chi connectivity index (χ0) is 30.9. The number of allylic oxidation sites excluding steroid dienone is 5. The Morgan fingerprint density at radius 2 is 1.60 bits per heavy atom. The second-order valence-corrected chi connectivity index (χ2v) is 12.2. The van der Waals surface area contributed by atoms with Crippen molar-refractivity contribution in [2.75, 3.05) is 33.3 Å². The number of rotatable bonds is 9. The second kappa shape index (κ2) is 11.7. The van der Waals surface area contributed by atoms with Gasteiger partial charge in [0.15, 0.2) is 0 Å². The third kappa shape index (κ3) is 5.31. The predicted octanol–water partition coefficient (Wildman–Crippen LogP) is 9.10. The Balaban J connectivity index is 1.59. The molecule has 0 radical (unpaired) electrons. The maximum Gasteiger partial charge on any atom is 0.125 e. The summed E-state index contributed by atoms with van der Waals surface area (Å²) in [6, 6.07) is 25.4. The molecule has 4 aromatic carbocycles. The van der Waals surface area contributed by atoms with E-state index in [2.05, 4.69) is 112 Å². The Hall–Kier alpha value is -4.44. The standard InChI is InChI=1S/C39H43NO3/c1-26-17-18-28-14-10-11-15-32(28)37(26)39(5,25-29-19-20-31(42-8)24-35(29)43-9)27(2)13-12-16-36-38(3,4)33-23-30(41-7)21-22-34(33)40(36)6/h10-24H,2,25H2,1,3-9H3/b13-12+,36-16+. The fourth-order valence-corrected chi connectivity index (χ4v) is 6.74. The van der Waals surface area contributed by atoms with Gasteiger partial charge in [-0.05, 0) is 82.3 Å². The quantitative estimate of drug-likeness (QED) is 0.187. The lowest BCUT2D eigenvalue weighted by Crippen LogP contribution is -2.28. The second-order valence-electron chi connectivity index (χ2n) is 12.2. The van der Waals surface area contributed by atoms with E-state index < -0.39 is 5.41 Å². The van der Waals surface area contributed by atoms with Crippen LogP contribution >= 0.6 is 0 Å². The van der Waals surface area contributed by atoms with Gasteiger partial charge in [-0.1, -0.05) is 82.0 Å². The van der Waals surface area contributed by atoms with Crippen molar-refractivity contribution in [3.63, 3.8) is 0 Å². The smallest absolute Gasteiger partial charge is 0.125 e. The normalized spacial score (nSPS) is 16.4. The van der Waals surface area contributed by atoms with Gasteiger partial charge >= 0.3 is 0 Å². The number of fused-ring (bicyclic) bond motifs is 2. The van der Waals surface area contributed by atoms with Crippen LogP contribution in [0.2, 0.25) is 0 Å². The van der Waals surface area contributed by atoms with E-state index in [1.807, 2.05) is 18.2 Å². The number of likely N-dealkylation sites (N-methyl/N-ethyl adjacent to an activating group) is 1. The van der Waals surface area contributed by atoms with Crippen LogP contribution in [0.1, 0.15) is 43.0 Å². The third-order valence-corrected chi connectivity index (χ3v) is 9.23. The van der Waals surface area contributed by atoms with Crippen molar-refractivity contribution in [2.45, 2.75) is 44.9 Å². The lowest BCUT2D eigenvalue weighted by atomic mass is 9.69. The molecule has 4 aromatic rings. The van der Waals surface area contributed by atoms with Crippen LogP contribution in [0.3, 0.4) is 0 Å². The molecular weight excluding hydrogens is 530 g/mol. The number of hydrogen-bond acceptors (Lipinski definition) is 4.